The number of aromatic amines is 1. The second-order valence-electron chi connectivity index (χ2n) is 4.97. The minimum Gasteiger partial charge on any atom is -0.497 e. The van der Waals surface area contributed by atoms with Crippen molar-refractivity contribution >= 4 is 11.6 Å². The molecule has 0 radical (unpaired) electrons. The fourth-order valence-electron chi connectivity index (χ4n) is 2.25. The predicted octanol–water partition coefficient (Wildman–Crippen LogP) is 3.06. The van der Waals surface area contributed by atoms with Crippen LogP contribution in [-0.4, -0.2) is 17.1 Å². The summed E-state index contributed by atoms with van der Waals surface area (Å²) >= 11 is 0. The van der Waals surface area contributed by atoms with Crippen LogP contribution in [0.4, 0.5) is 11.6 Å². The molecular weight excluding hydrogens is 304 g/mol. The fraction of sp³-hybridized carbons (Fsp3) is 0.0556. The summed E-state index contributed by atoms with van der Waals surface area (Å²) in [5, 5.41) is 12.3. The lowest BCUT2D eigenvalue weighted by atomic mass is 10.1. The molecule has 1 heterocycles. The summed E-state index contributed by atoms with van der Waals surface area (Å²) in [5.74, 6) is 0.959. The summed E-state index contributed by atoms with van der Waals surface area (Å²) in [6.07, 6.45) is 0. The first-order valence-electron chi connectivity index (χ1n) is 7.22. The van der Waals surface area contributed by atoms with E-state index in [2.05, 4.69) is 15.3 Å². The van der Waals surface area contributed by atoms with E-state index in [-0.39, 0.29) is 11.5 Å². The highest BCUT2D eigenvalue weighted by Gasteiger charge is 2.13. The van der Waals surface area contributed by atoms with Crippen molar-refractivity contribution in [3.05, 3.63) is 70.5 Å². The smallest absolute Gasteiger partial charge is 0.270 e. The van der Waals surface area contributed by atoms with Gasteiger partial charge in [0.1, 0.15) is 17.4 Å². The van der Waals surface area contributed by atoms with E-state index >= 15 is 0 Å². The van der Waals surface area contributed by atoms with Crippen LogP contribution in [0.15, 0.2) is 59.4 Å². The third kappa shape index (κ3) is 3.10. The molecule has 1 aromatic heterocycles. The van der Waals surface area contributed by atoms with Gasteiger partial charge in [-0.25, -0.2) is 4.98 Å². The predicted molar refractivity (Wildman–Crippen MR) is 91.3 cm³/mol. The molecule has 0 saturated heterocycles. The van der Waals surface area contributed by atoms with Gasteiger partial charge in [-0.15, -0.1) is 0 Å². The van der Waals surface area contributed by atoms with Crippen molar-refractivity contribution in [1.29, 1.82) is 5.26 Å². The summed E-state index contributed by atoms with van der Waals surface area (Å²) in [6, 6.07) is 18.3. The maximum atomic E-state index is 12.2. The van der Waals surface area contributed by atoms with Crippen molar-refractivity contribution in [1.82, 2.24) is 9.97 Å². The Balaban J connectivity index is 2.06. The first-order chi connectivity index (χ1) is 11.7. The van der Waals surface area contributed by atoms with Gasteiger partial charge >= 0.3 is 0 Å². The number of aromatic nitrogens is 2. The van der Waals surface area contributed by atoms with Crippen LogP contribution in [0.1, 0.15) is 5.56 Å². The molecular formula is C18H14N4O2. The summed E-state index contributed by atoms with van der Waals surface area (Å²) < 4.78 is 5.12. The number of anilines is 2. The molecule has 24 heavy (non-hydrogen) atoms. The van der Waals surface area contributed by atoms with Crippen molar-refractivity contribution < 1.29 is 4.74 Å². The molecule has 3 rings (SSSR count). The third-order valence-electron chi connectivity index (χ3n) is 3.43. The average molecular weight is 318 g/mol. The Hall–Kier alpha value is -3.59. The highest BCUT2D eigenvalue weighted by molar-refractivity contribution is 5.68. The van der Waals surface area contributed by atoms with Crippen LogP contribution >= 0.6 is 0 Å². The first-order valence-corrected chi connectivity index (χ1v) is 7.22. The summed E-state index contributed by atoms with van der Waals surface area (Å²) in [6.45, 7) is 0. The number of para-hydroxylation sites is 1. The number of nitrogens with one attached hydrogen (secondary N) is 2. The van der Waals surface area contributed by atoms with E-state index in [4.69, 9.17) is 4.74 Å². The van der Waals surface area contributed by atoms with Gasteiger partial charge in [-0.05, 0) is 36.4 Å². The van der Waals surface area contributed by atoms with Gasteiger partial charge in [0.25, 0.3) is 5.56 Å². The Labute approximate surface area is 138 Å². The molecule has 0 atom stereocenters. The van der Waals surface area contributed by atoms with Crippen molar-refractivity contribution in [3.8, 4) is 23.1 Å². The minimum absolute atomic E-state index is 0.0289. The number of ether oxygens (including phenoxy) is 1. The maximum Gasteiger partial charge on any atom is 0.270 e. The molecule has 3 aromatic rings. The Kier molecular flexibility index (Phi) is 4.25. The molecule has 0 saturated carbocycles. The number of hydrogen-bond acceptors (Lipinski definition) is 5. The number of rotatable bonds is 4. The van der Waals surface area contributed by atoms with Gasteiger partial charge < -0.3 is 10.1 Å². The first kappa shape index (κ1) is 15.3. The lowest BCUT2D eigenvalue weighted by Crippen LogP contribution is -2.16. The van der Waals surface area contributed by atoms with E-state index in [0.717, 1.165) is 5.69 Å². The summed E-state index contributed by atoms with van der Waals surface area (Å²) in [5.41, 5.74) is 1.25. The Morgan fingerprint density at radius 1 is 1.12 bits per heavy atom. The molecule has 6 heteroatoms. The largest absolute Gasteiger partial charge is 0.497 e. The number of hydrogen-bond donors (Lipinski definition) is 2. The molecule has 2 aromatic carbocycles. The van der Waals surface area contributed by atoms with Crippen molar-refractivity contribution in [2.24, 2.45) is 0 Å². The molecule has 0 fully saturated rings. The monoisotopic (exact) mass is 318 g/mol. The van der Waals surface area contributed by atoms with Gasteiger partial charge in [0.05, 0.1) is 12.8 Å². The SMILES string of the molecule is COc1ccc(-c2nc(Nc3ccccc3)[nH]c(=O)c2C#N)cc1. The molecule has 0 aliphatic carbocycles. The quantitative estimate of drug-likeness (QED) is 0.771. The van der Waals surface area contributed by atoms with E-state index in [9.17, 15) is 10.1 Å². The zero-order chi connectivity index (χ0) is 16.9. The summed E-state index contributed by atoms with van der Waals surface area (Å²) in [7, 11) is 1.57. The zero-order valence-corrected chi connectivity index (χ0v) is 12.9. The molecule has 0 bridgehead atoms. The highest BCUT2D eigenvalue weighted by atomic mass is 16.5. The number of methoxy groups -OCH3 is 1. The Morgan fingerprint density at radius 2 is 1.83 bits per heavy atom. The van der Waals surface area contributed by atoms with E-state index in [1.165, 1.54) is 0 Å². The minimum atomic E-state index is -0.489. The normalized spacial score (nSPS) is 10.0. The van der Waals surface area contributed by atoms with Gasteiger partial charge in [-0.3, -0.25) is 9.78 Å². The van der Waals surface area contributed by atoms with Crippen LogP contribution in [0.3, 0.4) is 0 Å². The van der Waals surface area contributed by atoms with Crippen molar-refractivity contribution in [3.63, 3.8) is 0 Å². The molecule has 118 valence electrons. The molecule has 0 aliphatic rings. The number of nitrogens with zero attached hydrogens (tertiary/aromatic N) is 2. The molecule has 2 N–H and O–H groups in total. The van der Waals surface area contributed by atoms with Crippen molar-refractivity contribution in [2.45, 2.75) is 0 Å². The van der Waals surface area contributed by atoms with Crippen LogP contribution in [-0.2, 0) is 0 Å². The fourth-order valence-corrected chi connectivity index (χ4v) is 2.25. The van der Waals surface area contributed by atoms with Gasteiger partial charge in [-0.1, -0.05) is 18.2 Å². The van der Waals surface area contributed by atoms with Crippen LogP contribution in [0.2, 0.25) is 0 Å². The topological polar surface area (TPSA) is 90.8 Å². The van der Waals surface area contributed by atoms with Crippen LogP contribution in [0, 0.1) is 11.3 Å². The molecule has 0 amide bonds. The lowest BCUT2D eigenvalue weighted by molar-refractivity contribution is 0.415. The summed E-state index contributed by atoms with van der Waals surface area (Å²) in [4.78, 5) is 19.2. The van der Waals surface area contributed by atoms with Gasteiger partial charge in [0, 0.05) is 11.3 Å². The van der Waals surface area contributed by atoms with E-state index in [1.807, 2.05) is 36.4 Å². The maximum absolute atomic E-state index is 12.2. The second-order valence-corrected chi connectivity index (χ2v) is 4.97. The Morgan fingerprint density at radius 3 is 2.46 bits per heavy atom. The number of H-pyrrole nitrogens is 1. The highest BCUT2D eigenvalue weighted by Crippen LogP contribution is 2.23. The molecule has 0 unspecified atom stereocenters. The number of benzene rings is 2. The van der Waals surface area contributed by atoms with E-state index in [0.29, 0.717) is 17.0 Å². The van der Waals surface area contributed by atoms with Crippen molar-refractivity contribution in [2.75, 3.05) is 12.4 Å². The van der Waals surface area contributed by atoms with Gasteiger partial charge in [0.2, 0.25) is 5.95 Å². The molecule has 6 nitrogen and oxygen atoms in total. The third-order valence-corrected chi connectivity index (χ3v) is 3.43. The standard InChI is InChI=1S/C18H14N4O2/c1-24-14-9-7-12(8-10-14)16-15(11-19)17(23)22-18(21-16)20-13-5-3-2-4-6-13/h2-10H,1H3,(H2,20,21,22,23). The average Bonchev–Trinajstić information content (AvgIpc) is 2.62. The van der Waals surface area contributed by atoms with E-state index in [1.54, 1.807) is 31.4 Å². The van der Waals surface area contributed by atoms with Crippen LogP contribution in [0.5, 0.6) is 5.75 Å². The van der Waals surface area contributed by atoms with Gasteiger partial charge in [-0.2, -0.15) is 5.26 Å². The molecule has 0 spiro atoms. The second kappa shape index (κ2) is 6.67. The lowest BCUT2D eigenvalue weighted by Gasteiger charge is -2.09. The Bertz CT molecular complexity index is 941. The zero-order valence-electron chi connectivity index (χ0n) is 12.9. The van der Waals surface area contributed by atoms with E-state index < -0.39 is 5.56 Å². The van der Waals surface area contributed by atoms with Crippen LogP contribution < -0.4 is 15.6 Å². The van der Waals surface area contributed by atoms with Crippen LogP contribution in [0.25, 0.3) is 11.3 Å². The van der Waals surface area contributed by atoms with Gasteiger partial charge in [0.15, 0.2) is 0 Å². The molecule has 0 aliphatic heterocycles. The number of nitriles is 1.